The molecule has 0 unspecified atom stereocenters. The first-order valence-electron chi connectivity index (χ1n) is 6.83. The van der Waals surface area contributed by atoms with Gasteiger partial charge in [0, 0.05) is 13.1 Å². The molecular formula is C13H27NO2S. The summed E-state index contributed by atoms with van der Waals surface area (Å²) in [5.41, 5.74) is 0. The first-order chi connectivity index (χ1) is 7.85. The van der Waals surface area contributed by atoms with Gasteiger partial charge in [-0.3, -0.25) is 0 Å². The van der Waals surface area contributed by atoms with Crippen LogP contribution in [0.3, 0.4) is 0 Å². The highest BCUT2D eigenvalue weighted by atomic mass is 32.2. The van der Waals surface area contributed by atoms with Gasteiger partial charge in [-0.15, -0.1) is 0 Å². The van der Waals surface area contributed by atoms with E-state index in [0.717, 1.165) is 19.3 Å². The lowest BCUT2D eigenvalue weighted by Crippen LogP contribution is -2.44. The van der Waals surface area contributed by atoms with Gasteiger partial charge in [0.05, 0.1) is 5.75 Å². The van der Waals surface area contributed by atoms with Crippen LogP contribution in [0.25, 0.3) is 0 Å². The van der Waals surface area contributed by atoms with Crippen LogP contribution in [-0.4, -0.2) is 31.6 Å². The zero-order valence-corrected chi connectivity index (χ0v) is 12.5. The van der Waals surface area contributed by atoms with Crippen molar-refractivity contribution in [1.82, 2.24) is 4.31 Å². The maximum absolute atomic E-state index is 12.3. The molecule has 3 atom stereocenters. The van der Waals surface area contributed by atoms with Crippen LogP contribution in [0.4, 0.5) is 0 Å². The summed E-state index contributed by atoms with van der Waals surface area (Å²) in [5, 5.41) is 0. The molecule has 4 heteroatoms. The second-order valence-corrected chi connectivity index (χ2v) is 7.95. The molecule has 1 fully saturated rings. The minimum Gasteiger partial charge on any atom is -0.212 e. The molecule has 0 bridgehead atoms. The monoisotopic (exact) mass is 261 g/mol. The first-order valence-corrected chi connectivity index (χ1v) is 8.43. The fourth-order valence-electron chi connectivity index (χ4n) is 2.87. The largest absolute Gasteiger partial charge is 0.214 e. The van der Waals surface area contributed by atoms with Crippen LogP contribution in [0.5, 0.6) is 0 Å². The maximum Gasteiger partial charge on any atom is 0.214 e. The lowest BCUT2D eigenvalue weighted by Gasteiger charge is -2.34. The number of rotatable bonds is 5. The van der Waals surface area contributed by atoms with Crippen molar-refractivity contribution < 1.29 is 8.42 Å². The zero-order valence-electron chi connectivity index (χ0n) is 11.6. The van der Waals surface area contributed by atoms with Crippen LogP contribution < -0.4 is 0 Å². The Hall–Kier alpha value is -0.0900. The smallest absolute Gasteiger partial charge is 0.212 e. The highest BCUT2D eigenvalue weighted by molar-refractivity contribution is 7.89. The Kier molecular flexibility index (Phi) is 5.45. The van der Waals surface area contributed by atoms with Gasteiger partial charge in [0.25, 0.3) is 0 Å². The highest BCUT2D eigenvalue weighted by Gasteiger charge is 2.31. The van der Waals surface area contributed by atoms with Crippen LogP contribution >= 0.6 is 0 Å². The van der Waals surface area contributed by atoms with Gasteiger partial charge in [0.2, 0.25) is 10.0 Å². The predicted molar refractivity (Wildman–Crippen MR) is 72.4 cm³/mol. The molecule has 0 saturated carbocycles. The Labute approximate surface area is 107 Å². The van der Waals surface area contributed by atoms with Crippen molar-refractivity contribution in [1.29, 1.82) is 0 Å². The molecular weight excluding hydrogens is 234 g/mol. The van der Waals surface area contributed by atoms with E-state index >= 15 is 0 Å². The molecule has 1 aliphatic rings. The number of hydrogen-bond acceptors (Lipinski definition) is 2. The van der Waals surface area contributed by atoms with Crippen LogP contribution in [0.2, 0.25) is 0 Å². The molecule has 1 heterocycles. The van der Waals surface area contributed by atoms with Gasteiger partial charge in [0.15, 0.2) is 0 Å². The summed E-state index contributed by atoms with van der Waals surface area (Å²) in [6.07, 6.45) is 3.21. The van der Waals surface area contributed by atoms with Crippen LogP contribution in [0.1, 0.15) is 47.0 Å². The van der Waals surface area contributed by atoms with Gasteiger partial charge in [-0.25, -0.2) is 12.7 Å². The zero-order chi connectivity index (χ0) is 13.1. The molecule has 1 saturated heterocycles. The molecule has 17 heavy (non-hydrogen) atoms. The molecule has 0 N–H and O–H groups in total. The molecule has 0 aromatic heterocycles. The second kappa shape index (κ2) is 6.19. The van der Waals surface area contributed by atoms with E-state index in [1.54, 1.807) is 4.31 Å². The molecule has 0 spiro atoms. The van der Waals surface area contributed by atoms with Crippen LogP contribution in [-0.2, 0) is 10.0 Å². The molecule has 0 amide bonds. The Morgan fingerprint density at radius 1 is 1.24 bits per heavy atom. The van der Waals surface area contributed by atoms with E-state index in [1.807, 2.05) is 6.92 Å². The molecule has 1 aliphatic heterocycles. The summed E-state index contributed by atoms with van der Waals surface area (Å²) in [6, 6.07) is 0. The topological polar surface area (TPSA) is 37.4 Å². The quantitative estimate of drug-likeness (QED) is 0.763. The van der Waals surface area contributed by atoms with Gasteiger partial charge in [-0.2, -0.15) is 0 Å². The Morgan fingerprint density at radius 3 is 2.24 bits per heavy atom. The van der Waals surface area contributed by atoms with E-state index in [2.05, 4.69) is 20.8 Å². The summed E-state index contributed by atoms with van der Waals surface area (Å²) in [5.74, 6) is 1.59. The third kappa shape index (κ3) is 4.59. The fraction of sp³-hybridized carbons (Fsp3) is 1.00. The predicted octanol–water partition coefficient (Wildman–Crippen LogP) is 2.73. The average Bonchev–Trinajstić information content (AvgIpc) is 2.15. The summed E-state index contributed by atoms with van der Waals surface area (Å²) >= 11 is 0. The number of sulfonamides is 1. The van der Waals surface area contributed by atoms with E-state index in [-0.39, 0.29) is 5.92 Å². The molecule has 0 aromatic carbocycles. The van der Waals surface area contributed by atoms with Crippen molar-refractivity contribution in [2.75, 3.05) is 18.8 Å². The second-order valence-electron chi connectivity index (χ2n) is 5.94. The number of piperidine rings is 1. The van der Waals surface area contributed by atoms with Gasteiger partial charge >= 0.3 is 0 Å². The van der Waals surface area contributed by atoms with Crippen molar-refractivity contribution in [3.05, 3.63) is 0 Å². The molecule has 1 rings (SSSR count). The molecule has 0 aliphatic carbocycles. The molecule has 3 nitrogen and oxygen atoms in total. The Bertz CT molecular complexity index is 316. The lowest BCUT2D eigenvalue weighted by atomic mass is 9.94. The van der Waals surface area contributed by atoms with E-state index in [0.29, 0.717) is 30.7 Å². The fourth-order valence-corrected chi connectivity index (χ4v) is 4.93. The molecule has 0 radical (unpaired) electrons. The van der Waals surface area contributed by atoms with E-state index in [9.17, 15) is 8.42 Å². The standard InChI is InChI=1S/C13H27NO2S/c1-5-6-11(2)10-17(15,16)14-8-12(3)7-13(4)9-14/h11-13H,5-10H2,1-4H3/t11-,12-,13+/m0/s1. The lowest BCUT2D eigenvalue weighted by molar-refractivity contribution is 0.221. The molecule has 102 valence electrons. The normalized spacial score (nSPS) is 29.2. The van der Waals surface area contributed by atoms with Gasteiger partial charge in [-0.1, -0.05) is 34.1 Å². The van der Waals surface area contributed by atoms with Gasteiger partial charge < -0.3 is 0 Å². The Morgan fingerprint density at radius 2 is 1.76 bits per heavy atom. The Balaban J connectivity index is 2.63. The SMILES string of the molecule is CCC[C@H](C)CS(=O)(=O)N1C[C@H](C)C[C@H](C)C1. The maximum atomic E-state index is 12.3. The summed E-state index contributed by atoms with van der Waals surface area (Å²) < 4.78 is 26.3. The first kappa shape index (κ1) is 15.0. The highest BCUT2D eigenvalue weighted by Crippen LogP contribution is 2.24. The third-order valence-electron chi connectivity index (χ3n) is 3.51. The minimum absolute atomic E-state index is 0.275. The summed E-state index contributed by atoms with van der Waals surface area (Å²) in [4.78, 5) is 0. The van der Waals surface area contributed by atoms with E-state index in [4.69, 9.17) is 0 Å². The average molecular weight is 261 g/mol. The van der Waals surface area contributed by atoms with Crippen molar-refractivity contribution >= 4 is 10.0 Å². The third-order valence-corrected chi connectivity index (χ3v) is 5.58. The van der Waals surface area contributed by atoms with Crippen molar-refractivity contribution in [2.24, 2.45) is 17.8 Å². The van der Waals surface area contributed by atoms with E-state index < -0.39 is 10.0 Å². The van der Waals surface area contributed by atoms with Crippen LogP contribution in [0, 0.1) is 17.8 Å². The molecule has 0 aromatic rings. The van der Waals surface area contributed by atoms with Gasteiger partial charge in [-0.05, 0) is 30.6 Å². The number of nitrogens with zero attached hydrogens (tertiary/aromatic N) is 1. The van der Waals surface area contributed by atoms with E-state index in [1.165, 1.54) is 0 Å². The van der Waals surface area contributed by atoms with Crippen molar-refractivity contribution in [3.63, 3.8) is 0 Å². The van der Waals surface area contributed by atoms with Gasteiger partial charge in [0.1, 0.15) is 0 Å². The summed E-state index contributed by atoms with van der Waals surface area (Å²) in [7, 11) is -3.04. The minimum atomic E-state index is -3.04. The summed E-state index contributed by atoms with van der Waals surface area (Å²) in [6.45, 7) is 9.87. The van der Waals surface area contributed by atoms with Crippen molar-refractivity contribution in [2.45, 2.75) is 47.0 Å². The van der Waals surface area contributed by atoms with Crippen LogP contribution in [0.15, 0.2) is 0 Å². The van der Waals surface area contributed by atoms with Crippen molar-refractivity contribution in [3.8, 4) is 0 Å². The number of hydrogen-bond donors (Lipinski definition) is 0.